The van der Waals surface area contributed by atoms with Crippen LogP contribution in [-0.2, 0) is 52.3 Å². The lowest BCUT2D eigenvalue weighted by atomic mass is 9.46. The topological polar surface area (TPSA) is 143 Å². The van der Waals surface area contributed by atoms with Crippen molar-refractivity contribution >= 4 is 45.5 Å². The molecular formula is C36H48O11S2. The number of carbonyl (C=O) groups excluding carboxylic acids is 4. The second-order valence-electron chi connectivity index (χ2n) is 15.6. The summed E-state index contributed by atoms with van der Waals surface area (Å²) >= 11 is 0. The van der Waals surface area contributed by atoms with E-state index in [9.17, 15) is 19.2 Å². The van der Waals surface area contributed by atoms with Gasteiger partial charge in [0.1, 0.15) is 30.0 Å². The second-order valence-corrected chi connectivity index (χ2v) is 18.4. The van der Waals surface area contributed by atoms with Gasteiger partial charge in [-0.15, -0.1) is 0 Å². The van der Waals surface area contributed by atoms with Gasteiger partial charge in [0.15, 0.2) is 11.7 Å². The number of rotatable bonds is 15. The number of epoxide rings is 3. The van der Waals surface area contributed by atoms with Crippen LogP contribution in [0.25, 0.3) is 0 Å². The average Bonchev–Trinajstić information content (AvgIpc) is 4.02. The predicted octanol–water partition coefficient (Wildman–Crippen LogP) is 5.01. The van der Waals surface area contributed by atoms with Crippen molar-refractivity contribution in [3.05, 3.63) is 11.1 Å². The van der Waals surface area contributed by atoms with E-state index in [1.807, 2.05) is 21.6 Å². The zero-order chi connectivity index (χ0) is 34.2. The number of esters is 4. The number of unbranched alkanes of at least 4 members (excludes halogenated alkanes) is 2. The number of cyclic esters (lactones) is 1. The lowest BCUT2D eigenvalue weighted by Gasteiger charge is -2.53. The summed E-state index contributed by atoms with van der Waals surface area (Å²) in [5.74, 6) is 0.0329. The molecule has 4 saturated heterocycles. The highest BCUT2D eigenvalue weighted by molar-refractivity contribution is 8.77. The first-order valence-corrected chi connectivity index (χ1v) is 20.7. The van der Waals surface area contributed by atoms with Crippen LogP contribution in [0.4, 0.5) is 0 Å². The SMILES string of the molecule is CC(C)[C@]12O[C@H]1[C@@H]1O[C@@]13[C@@]1(C)CCC4=C(COC4=O)[C@@H]1CC1O[C@@]13[C@@H]2OC(=O)CCC(=O)OCCCCOC(=O)CCCCC1CCSS1. The quantitative estimate of drug-likeness (QED) is 0.0736. The molecule has 8 aliphatic rings. The molecule has 0 radical (unpaired) electrons. The summed E-state index contributed by atoms with van der Waals surface area (Å²) in [5, 5.41) is 0.728. The first-order chi connectivity index (χ1) is 23.6. The van der Waals surface area contributed by atoms with Crippen LogP contribution >= 0.6 is 21.6 Å². The fraction of sp³-hybridized carbons (Fsp3) is 0.833. The van der Waals surface area contributed by atoms with Crippen LogP contribution < -0.4 is 0 Å². The molecule has 2 unspecified atom stereocenters. The van der Waals surface area contributed by atoms with Crippen LogP contribution in [-0.4, -0.2) is 95.9 Å². The Labute approximate surface area is 295 Å². The lowest BCUT2D eigenvalue weighted by Crippen LogP contribution is -2.70. The third-order valence-electron chi connectivity index (χ3n) is 12.8. The maximum Gasteiger partial charge on any atom is 0.334 e. The minimum Gasteiger partial charge on any atom is -0.466 e. The highest BCUT2D eigenvalue weighted by Gasteiger charge is 3.01. The van der Waals surface area contributed by atoms with Gasteiger partial charge in [0.25, 0.3) is 0 Å². The van der Waals surface area contributed by atoms with Crippen molar-refractivity contribution in [2.75, 3.05) is 25.6 Å². The Balaban J connectivity index is 0.805. The van der Waals surface area contributed by atoms with Crippen LogP contribution in [0.5, 0.6) is 0 Å². The van der Waals surface area contributed by atoms with E-state index in [1.54, 1.807) is 0 Å². The van der Waals surface area contributed by atoms with Gasteiger partial charge in [-0.3, -0.25) is 14.4 Å². The highest BCUT2D eigenvalue weighted by Crippen LogP contribution is 2.83. The van der Waals surface area contributed by atoms with Crippen LogP contribution in [0.15, 0.2) is 11.1 Å². The van der Waals surface area contributed by atoms with E-state index in [-0.39, 0.29) is 66.9 Å². The van der Waals surface area contributed by atoms with Gasteiger partial charge in [-0.2, -0.15) is 0 Å². The monoisotopic (exact) mass is 720 g/mol. The standard InChI is InChI=1S/C36H48O11S2/c1-20(2)34-29(46-34)30-36(47-30)33(3)14-12-22-23(19-43-31(22)40)24(33)18-25-35(36,45-25)32(34)44-28(39)11-10-27(38)42-16-7-6-15-41-26(37)9-5-4-8-21-13-17-48-49-21/h20-21,24-25,29-30,32H,4-19H2,1-3H3/t21?,24-,25?,29-,30-,32+,33-,34-,35+,36+/m0/s1. The third kappa shape index (κ3) is 5.32. The molecule has 49 heavy (non-hydrogen) atoms. The lowest BCUT2D eigenvalue weighted by molar-refractivity contribution is -0.170. The van der Waals surface area contributed by atoms with Crippen molar-refractivity contribution in [1.29, 1.82) is 0 Å². The number of fused-ring (bicyclic) bond motifs is 4. The highest BCUT2D eigenvalue weighted by atomic mass is 33.1. The number of hydrogen-bond donors (Lipinski definition) is 0. The maximum absolute atomic E-state index is 13.4. The van der Waals surface area contributed by atoms with Crippen molar-refractivity contribution in [2.24, 2.45) is 17.3 Å². The number of ether oxygens (including phenoxy) is 7. The van der Waals surface area contributed by atoms with Gasteiger partial charge in [-0.25, -0.2) is 4.79 Å². The van der Waals surface area contributed by atoms with Gasteiger partial charge in [0, 0.05) is 28.4 Å². The van der Waals surface area contributed by atoms with Crippen molar-refractivity contribution in [2.45, 2.75) is 144 Å². The van der Waals surface area contributed by atoms with Gasteiger partial charge in [-0.05, 0) is 68.8 Å². The zero-order valence-corrected chi connectivity index (χ0v) is 30.3. The Morgan fingerprint density at radius 3 is 2.43 bits per heavy atom. The molecule has 0 bridgehead atoms. The average molecular weight is 721 g/mol. The van der Waals surface area contributed by atoms with Crippen molar-refractivity contribution in [3.63, 3.8) is 0 Å². The molecule has 5 aliphatic heterocycles. The van der Waals surface area contributed by atoms with Gasteiger partial charge in [0.2, 0.25) is 0 Å². The summed E-state index contributed by atoms with van der Waals surface area (Å²) in [7, 11) is 3.90. The van der Waals surface area contributed by atoms with E-state index < -0.39 is 34.8 Å². The van der Waals surface area contributed by atoms with E-state index in [0.717, 1.165) is 42.1 Å². The van der Waals surface area contributed by atoms with Crippen LogP contribution in [0.1, 0.15) is 97.8 Å². The number of carbonyl (C=O) groups is 4. The molecule has 0 aromatic heterocycles. The first kappa shape index (κ1) is 34.3. The van der Waals surface area contributed by atoms with Crippen LogP contribution in [0.2, 0.25) is 0 Å². The molecule has 3 aliphatic carbocycles. The van der Waals surface area contributed by atoms with Gasteiger partial charge in [-0.1, -0.05) is 48.8 Å². The molecule has 270 valence electrons. The molecule has 0 aromatic rings. The fourth-order valence-corrected chi connectivity index (χ4v) is 13.2. The molecule has 0 N–H and O–H groups in total. The molecule has 13 heteroatoms. The summed E-state index contributed by atoms with van der Waals surface area (Å²) in [6.45, 7) is 7.22. The molecule has 0 aromatic carbocycles. The van der Waals surface area contributed by atoms with E-state index in [0.29, 0.717) is 45.3 Å². The summed E-state index contributed by atoms with van der Waals surface area (Å²) in [6.07, 6.45) is 6.62. The normalized spacial score (nSPS) is 41.8. The Morgan fingerprint density at radius 1 is 0.939 bits per heavy atom. The largest absolute Gasteiger partial charge is 0.466 e. The summed E-state index contributed by atoms with van der Waals surface area (Å²) in [6, 6.07) is 0. The van der Waals surface area contributed by atoms with Crippen LogP contribution in [0, 0.1) is 17.3 Å². The fourth-order valence-electron chi connectivity index (χ4n) is 10.2. The first-order valence-electron chi connectivity index (χ1n) is 18.3. The van der Waals surface area contributed by atoms with Gasteiger partial charge >= 0.3 is 23.9 Å². The van der Waals surface area contributed by atoms with E-state index in [1.165, 1.54) is 12.2 Å². The van der Waals surface area contributed by atoms with Crippen molar-refractivity contribution in [1.82, 2.24) is 0 Å². The summed E-state index contributed by atoms with van der Waals surface area (Å²) < 4.78 is 42.3. The van der Waals surface area contributed by atoms with Crippen LogP contribution in [0.3, 0.4) is 0 Å². The molecule has 2 spiro atoms. The van der Waals surface area contributed by atoms with E-state index in [2.05, 4.69) is 20.8 Å². The molecule has 10 atom stereocenters. The van der Waals surface area contributed by atoms with Crippen molar-refractivity contribution in [3.8, 4) is 0 Å². The Morgan fingerprint density at radius 2 is 1.69 bits per heavy atom. The molecule has 6 fully saturated rings. The molecular weight excluding hydrogens is 673 g/mol. The Hall–Kier alpha value is -1.80. The molecule has 0 amide bonds. The maximum atomic E-state index is 13.4. The summed E-state index contributed by atoms with van der Waals surface area (Å²) in [4.78, 5) is 50.3. The number of hydrogen-bond acceptors (Lipinski definition) is 13. The van der Waals surface area contributed by atoms with Gasteiger partial charge < -0.3 is 33.2 Å². The minimum absolute atomic E-state index is 0.0491. The minimum atomic E-state index is -0.824. The van der Waals surface area contributed by atoms with E-state index >= 15 is 0 Å². The summed E-state index contributed by atoms with van der Waals surface area (Å²) in [5.41, 5.74) is -0.644. The van der Waals surface area contributed by atoms with Crippen molar-refractivity contribution < 1.29 is 52.3 Å². The molecule has 11 nitrogen and oxygen atoms in total. The molecule has 8 rings (SSSR count). The predicted molar refractivity (Wildman–Crippen MR) is 178 cm³/mol. The Bertz CT molecular complexity index is 1430. The molecule has 5 heterocycles. The smallest absolute Gasteiger partial charge is 0.334 e. The Kier molecular flexibility index (Phi) is 8.89. The van der Waals surface area contributed by atoms with Gasteiger partial charge in [0.05, 0.1) is 32.2 Å². The molecule has 2 saturated carbocycles. The second kappa shape index (κ2) is 12.7. The third-order valence-corrected chi connectivity index (χ3v) is 15.8. The van der Waals surface area contributed by atoms with E-state index in [4.69, 9.17) is 33.2 Å². The zero-order valence-electron chi connectivity index (χ0n) is 28.7.